The third-order valence-corrected chi connectivity index (χ3v) is 5.05. The van der Waals surface area contributed by atoms with E-state index < -0.39 is 0 Å². The zero-order valence-corrected chi connectivity index (χ0v) is 11.6. The second-order valence-corrected chi connectivity index (χ2v) is 6.47. The molecule has 3 nitrogen and oxygen atoms in total. The molecule has 1 unspecified atom stereocenters. The SMILES string of the molecule is CCCC1NC2(CC2)C(=O)N1CCC1CCCC1. The van der Waals surface area contributed by atoms with Gasteiger partial charge in [0.15, 0.2) is 0 Å². The van der Waals surface area contributed by atoms with Gasteiger partial charge in [-0.3, -0.25) is 10.1 Å². The fraction of sp³-hybridized carbons (Fsp3) is 0.933. The van der Waals surface area contributed by atoms with Crippen LogP contribution < -0.4 is 5.32 Å². The lowest BCUT2D eigenvalue weighted by Crippen LogP contribution is -2.38. The molecule has 1 spiro atoms. The van der Waals surface area contributed by atoms with Gasteiger partial charge in [0.1, 0.15) is 0 Å². The van der Waals surface area contributed by atoms with E-state index in [9.17, 15) is 4.79 Å². The lowest BCUT2D eigenvalue weighted by atomic mass is 10.0. The van der Waals surface area contributed by atoms with Gasteiger partial charge < -0.3 is 4.90 Å². The molecule has 18 heavy (non-hydrogen) atoms. The number of amides is 1. The Balaban J connectivity index is 1.58. The standard InChI is InChI=1S/C15H26N2O/c1-2-5-13-16-15(9-10-15)14(18)17(13)11-8-12-6-3-4-7-12/h12-13,16H,2-11H2,1H3. The van der Waals surface area contributed by atoms with Crippen LogP contribution in [0.5, 0.6) is 0 Å². The van der Waals surface area contributed by atoms with Crippen molar-refractivity contribution >= 4 is 5.91 Å². The molecule has 1 heterocycles. The zero-order chi connectivity index (χ0) is 12.6. The average molecular weight is 250 g/mol. The van der Waals surface area contributed by atoms with Crippen LogP contribution in [0.3, 0.4) is 0 Å². The number of carbonyl (C=O) groups excluding carboxylic acids is 1. The van der Waals surface area contributed by atoms with E-state index in [1.54, 1.807) is 0 Å². The summed E-state index contributed by atoms with van der Waals surface area (Å²) in [5.74, 6) is 1.29. The van der Waals surface area contributed by atoms with E-state index in [2.05, 4.69) is 17.1 Å². The molecular formula is C15H26N2O. The topological polar surface area (TPSA) is 32.3 Å². The monoisotopic (exact) mass is 250 g/mol. The Labute approximate surface area is 110 Å². The Morgan fingerprint density at radius 3 is 2.61 bits per heavy atom. The van der Waals surface area contributed by atoms with Crippen molar-refractivity contribution in [3.63, 3.8) is 0 Å². The maximum Gasteiger partial charge on any atom is 0.244 e. The van der Waals surface area contributed by atoms with Crippen LogP contribution in [-0.2, 0) is 4.79 Å². The summed E-state index contributed by atoms with van der Waals surface area (Å²) in [5.41, 5.74) is -0.116. The van der Waals surface area contributed by atoms with Crippen molar-refractivity contribution in [3.05, 3.63) is 0 Å². The van der Waals surface area contributed by atoms with Crippen LogP contribution in [-0.4, -0.2) is 29.1 Å². The Morgan fingerprint density at radius 2 is 2.00 bits per heavy atom. The highest BCUT2D eigenvalue weighted by atomic mass is 16.2. The van der Waals surface area contributed by atoms with Crippen molar-refractivity contribution in [1.82, 2.24) is 10.2 Å². The normalized spacial score (nSPS) is 30.6. The first kappa shape index (κ1) is 12.5. The molecule has 0 radical (unpaired) electrons. The van der Waals surface area contributed by atoms with Gasteiger partial charge >= 0.3 is 0 Å². The molecule has 0 aromatic rings. The summed E-state index contributed by atoms with van der Waals surface area (Å²) in [6.07, 6.45) is 11.5. The molecule has 1 amide bonds. The Kier molecular flexibility index (Phi) is 3.35. The van der Waals surface area contributed by atoms with Gasteiger partial charge in [0.05, 0.1) is 11.7 Å². The first-order chi connectivity index (χ1) is 8.75. The molecule has 1 saturated heterocycles. The largest absolute Gasteiger partial charge is 0.326 e. The second-order valence-electron chi connectivity index (χ2n) is 6.47. The van der Waals surface area contributed by atoms with E-state index >= 15 is 0 Å². The Bertz CT molecular complexity index is 318. The molecule has 0 bridgehead atoms. The minimum Gasteiger partial charge on any atom is -0.326 e. The molecule has 102 valence electrons. The van der Waals surface area contributed by atoms with Crippen molar-refractivity contribution in [2.24, 2.45) is 5.92 Å². The predicted molar refractivity (Wildman–Crippen MR) is 72.1 cm³/mol. The van der Waals surface area contributed by atoms with Crippen LogP contribution in [0.1, 0.15) is 64.7 Å². The van der Waals surface area contributed by atoms with E-state index in [0.29, 0.717) is 12.1 Å². The summed E-state index contributed by atoms with van der Waals surface area (Å²) < 4.78 is 0. The van der Waals surface area contributed by atoms with Crippen LogP contribution in [0.15, 0.2) is 0 Å². The molecule has 3 heteroatoms. The van der Waals surface area contributed by atoms with Crippen LogP contribution in [0, 0.1) is 5.92 Å². The summed E-state index contributed by atoms with van der Waals surface area (Å²) in [6.45, 7) is 3.20. The number of rotatable bonds is 5. The molecule has 1 atom stereocenters. The second kappa shape index (κ2) is 4.84. The third-order valence-electron chi connectivity index (χ3n) is 5.05. The van der Waals surface area contributed by atoms with Crippen LogP contribution in [0.4, 0.5) is 0 Å². The van der Waals surface area contributed by atoms with Crippen molar-refractivity contribution in [1.29, 1.82) is 0 Å². The molecule has 3 rings (SSSR count). The molecule has 3 fully saturated rings. The summed E-state index contributed by atoms with van der Waals surface area (Å²) in [5, 5.41) is 3.59. The lowest BCUT2D eigenvalue weighted by molar-refractivity contribution is -0.131. The minimum absolute atomic E-state index is 0.116. The Morgan fingerprint density at radius 1 is 1.28 bits per heavy atom. The smallest absolute Gasteiger partial charge is 0.244 e. The Hall–Kier alpha value is -0.570. The number of hydrogen-bond acceptors (Lipinski definition) is 2. The summed E-state index contributed by atoms with van der Waals surface area (Å²) >= 11 is 0. The highest BCUT2D eigenvalue weighted by Crippen LogP contribution is 2.43. The van der Waals surface area contributed by atoms with Gasteiger partial charge in [-0.15, -0.1) is 0 Å². The molecule has 1 N–H and O–H groups in total. The predicted octanol–water partition coefficient (Wildman–Crippen LogP) is 2.66. The molecule has 0 aromatic heterocycles. The van der Waals surface area contributed by atoms with Gasteiger partial charge in [0.2, 0.25) is 5.91 Å². The summed E-state index contributed by atoms with van der Waals surface area (Å²) in [4.78, 5) is 14.6. The summed E-state index contributed by atoms with van der Waals surface area (Å²) in [6, 6.07) is 0. The molecular weight excluding hydrogens is 224 g/mol. The van der Waals surface area contributed by atoms with Crippen LogP contribution in [0.2, 0.25) is 0 Å². The van der Waals surface area contributed by atoms with E-state index in [1.165, 1.54) is 32.1 Å². The van der Waals surface area contributed by atoms with Gasteiger partial charge in [-0.05, 0) is 31.6 Å². The fourth-order valence-electron chi connectivity index (χ4n) is 3.74. The molecule has 2 aliphatic carbocycles. The van der Waals surface area contributed by atoms with Crippen molar-refractivity contribution < 1.29 is 4.79 Å². The molecule has 0 aromatic carbocycles. The average Bonchev–Trinajstić information content (AvgIpc) is 2.86. The van der Waals surface area contributed by atoms with Crippen molar-refractivity contribution in [3.8, 4) is 0 Å². The van der Waals surface area contributed by atoms with Crippen molar-refractivity contribution in [2.45, 2.75) is 76.4 Å². The minimum atomic E-state index is -0.116. The molecule has 3 aliphatic rings. The fourth-order valence-corrected chi connectivity index (χ4v) is 3.74. The third kappa shape index (κ3) is 2.18. The number of nitrogens with one attached hydrogen (secondary N) is 1. The van der Waals surface area contributed by atoms with Crippen LogP contribution >= 0.6 is 0 Å². The maximum atomic E-state index is 12.4. The van der Waals surface area contributed by atoms with Gasteiger partial charge in [-0.25, -0.2) is 0 Å². The summed E-state index contributed by atoms with van der Waals surface area (Å²) in [7, 11) is 0. The number of hydrogen-bond donors (Lipinski definition) is 1. The molecule has 2 saturated carbocycles. The van der Waals surface area contributed by atoms with Crippen LogP contribution in [0.25, 0.3) is 0 Å². The van der Waals surface area contributed by atoms with E-state index in [0.717, 1.165) is 38.1 Å². The lowest BCUT2D eigenvalue weighted by Gasteiger charge is -2.25. The first-order valence-corrected chi connectivity index (χ1v) is 7.84. The van der Waals surface area contributed by atoms with Gasteiger partial charge in [-0.1, -0.05) is 39.0 Å². The number of nitrogens with zero attached hydrogens (tertiary/aromatic N) is 1. The maximum absolute atomic E-state index is 12.4. The van der Waals surface area contributed by atoms with Crippen molar-refractivity contribution in [2.75, 3.05) is 6.54 Å². The zero-order valence-electron chi connectivity index (χ0n) is 11.6. The highest BCUT2D eigenvalue weighted by Gasteiger charge is 2.58. The van der Waals surface area contributed by atoms with E-state index in [-0.39, 0.29) is 5.54 Å². The van der Waals surface area contributed by atoms with E-state index in [1.807, 2.05) is 0 Å². The highest BCUT2D eigenvalue weighted by molar-refractivity contribution is 5.91. The van der Waals surface area contributed by atoms with Gasteiger partial charge in [-0.2, -0.15) is 0 Å². The molecule has 1 aliphatic heterocycles. The van der Waals surface area contributed by atoms with Gasteiger partial charge in [0, 0.05) is 6.54 Å². The quantitative estimate of drug-likeness (QED) is 0.813. The van der Waals surface area contributed by atoms with Gasteiger partial charge in [0.25, 0.3) is 0 Å². The first-order valence-electron chi connectivity index (χ1n) is 7.84. The van der Waals surface area contributed by atoms with E-state index in [4.69, 9.17) is 0 Å². The number of carbonyl (C=O) groups is 1.